The maximum absolute atomic E-state index is 4.55. The molecule has 0 radical (unpaired) electrons. The summed E-state index contributed by atoms with van der Waals surface area (Å²) in [7, 11) is 0. The number of aromatic nitrogens is 4. The standard InChI is InChI=1S/C14H19N5/c1-3-5-11-13-17-18-14(19(13)9-8-15-11)12-7-4-6-10(2)16-12/h4,6-7,11,15H,3,5,8-9H2,1-2H3. The minimum Gasteiger partial charge on any atom is -0.307 e. The average molecular weight is 257 g/mol. The first kappa shape index (κ1) is 12.3. The van der Waals surface area contributed by atoms with E-state index in [4.69, 9.17) is 0 Å². The SMILES string of the molecule is CCCC1NCCn2c(-c3cccc(C)n3)nnc21. The average Bonchev–Trinajstić information content (AvgIpc) is 2.84. The Hall–Kier alpha value is -1.75. The van der Waals surface area contributed by atoms with Gasteiger partial charge in [-0.05, 0) is 25.5 Å². The van der Waals surface area contributed by atoms with Crippen LogP contribution in [0.15, 0.2) is 18.2 Å². The first-order valence-electron chi connectivity index (χ1n) is 6.90. The van der Waals surface area contributed by atoms with Gasteiger partial charge in [0.2, 0.25) is 0 Å². The van der Waals surface area contributed by atoms with Crippen LogP contribution in [0.4, 0.5) is 0 Å². The molecule has 0 fully saturated rings. The first-order chi connectivity index (χ1) is 9.29. The molecule has 1 unspecified atom stereocenters. The van der Waals surface area contributed by atoms with Crippen LogP contribution in [0, 0.1) is 6.92 Å². The predicted molar refractivity (Wildman–Crippen MR) is 73.6 cm³/mol. The summed E-state index contributed by atoms with van der Waals surface area (Å²) in [4.78, 5) is 4.55. The number of pyridine rings is 1. The first-order valence-corrected chi connectivity index (χ1v) is 6.90. The molecule has 1 aliphatic rings. The summed E-state index contributed by atoms with van der Waals surface area (Å²) >= 11 is 0. The van der Waals surface area contributed by atoms with Gasteiger partial charge in [-0.3, -0.25) is 0 Å². The fourth-order valence-corrected chi connectivity index (χ4v) is 2.61. The molecule has 19 heavy (non-hydrogen) atoms. The largest absolute Gasteiger partial charge is 0.307 e. The fraction of sp³-hybridized carbons (Fsp3) is 0.500. The fourth-order valence-electron chi connectivity index (χ4n) is 2.61. The number of nitrogens with one attached hydrogen (secondary N) is 1. The Morgan fingerprint density at radius 3 is 3.05 bits per heavy atom. The lowest BCUT2D eigenvalue weighted by Gasteiger charge is -2.24. The van der Waals surface area contributed by atoms with Crippen LogP contribution in [-0.2, 0) is 6.54 Å². The van der Waals surface area contributed by atoms with Crippen LogP contribution in [0.3, 0.4) is 0 Å². The summed E-state index contributed by atoms with van der Waals surface area (Å²) in [5, 5.41) is 12.2. The maximum Gasteiger partial charge on any atom is 0.182 e. The van der Waals surface area contributed by atoms with E-state index in [0.29, 0.717) is 6.04 Å². The molecule has 0 saturated carbocycles. The molecule has 3 heterocycles. The Kier molecular flexibility index (Phi) is 3.29. The van der Waals surface area contributed by atoms with Gasteiger partial charge in [-0.15, -0.1) is 10.2 Å². The van der Waals surface area contributed by atoms with Crippen LogP contribution in [0.25, 0.3) is 11.5 Å². The van der Waals surface area contributed by atoms with Gasteiger partial charge in [-0.2, -0.15) is 0 Å². The van der Waals surface area contributed by atoms with Crippen LogP contribution >= 0.6 is 0 Å². The van der Waals surface area contributed by atoms with E-state index >= 15 is 0 Å². The molecule has 3 rings (SSSR count). The Morgan fingerprint density at radius 1 is 1.37 bits per heavy atom. The van der Waals surface area contributed by atoms with Gasteiger partial charge in [-0.25, -0.2) is 4.98 Å². The van der Waals surface area contributed by atoms with Crippen molar-refractivity contribution in [2.75, 3.05) is 6.54 Å². The third-order valence-corrected chi connectivity index (χ3v) is 3.51. The summed E-state index contributed by atoms with van der Waals surface area (Å²) < 4.78 is 2.21. The quantitative estimate of drug-likeness (QED) is 0.914. The lowest BCUT2D eigenvalue weighted by atomic mass is 10.1. The number of hydrogen-bond acceptors (Lipinski definition) is 4. The summed E-state index contributed by atoms with van der Waals surface area (Å²) in [6.45, 7) is 6.07. The van der Waals surface area contributed by atoms with Crippen molar-refractivity contribution in [3.63, 3.8) is 0 Å². The molecule has 2 aromatic heterocycles. The van der Waals surface area contributed by atoms with Gasteiger partial charge < -0.3 is 9.88 Å². The summed E-state index contributed by atoms with van der Waals surface area (Å²) in [6.07, 6.45) is 2.24. The van der Waals surface area contributed by atoms with E-state index in [1.54, 1.807) is 0 Å². The van der Waals surface area contributed by atoms with Crippen molar-refractivity contribution < 1.29 is 0 Å². The monoisotopic (exact) mass is 257 g/mol. The minimum absolute atomic E-state index is 0.324. The molecule has 5 nitrogen and oxygen atoms in total. The molecular weight excluding hydrogens is 238 g/mol. The van der Waals surface area contributed by atoms with Crippen LogP contribution < -0.4 is 5.32 Å². The van der Waals surface area contributed by atoms with Crippen molar-refractivity contribution in [3.05, 3.63) is 29.7 Å². The topological polar surface area (TPSA) is 55.6 Å². The number of rotatable bonds is 3. The number of aryl methyl sites for hydroxylation is 1. The van der Waals surface area contributed by atoms with E-state index in [9.17, 15) is 0 Å². The zero-order valence-corrected chi connectivity index (χ0v) is 11.4. The van der Waals surface area contributed by atoms with Crippen molar-refractivity contribution in [2.24, 2.45) is 0 Å². The van der Waals surface area contributed by atoms with Crippen molar-refractivity contribution in [1.29, 1.82) is 0 Å². The van der Waals surface area contributed by atoms with Crippen LogP contribution in [0.1, 0.15) is 37.3 Å². The highest BCUT2D eigenvalue weighted by Gasteiger charge is 2.24. The van der Waals surface area contributed by atoms with Gasteiger partial charge in [0.25, 0.3) is 0 Å². The molecular formula is C14H19N5. The molecule has 0 bridgehead atoms. The van der Waals surface area contributed by atoms with E-state index in [0.717, 1.165) is 49.0 Å². The van der Waals surface area contributed by atoms with Crippen molar-refractivity contribution >= 4 is 0 Å². The van der Waals surface area contributed by atoms with E-state index in [1.807, 2.05) is 25.1 Å². The molecule has 1 atom stereocenters. The summed E-state index contributed by atoms with van der Waals surface area (Å²) in [6, 6.07) is 6.34. The third-order valence-electron chi connectivity index (χ3n) is 3.51. The van der Waals surface area contributed by atoms with E-state index in [2.05, 4.69) is 32.0 Å². The highest BCUT2D eigenvalue weighted by molar-refractivity contribution is 5.50. The highest BCUT2D eigenvalue weighted by atomic mass is 15.3. The van der Waals surface area contributed by atoms with Gasteiger partial charge in [0.05, 0.1) is 6.04 Å². The van der Waals surface area contributed by atoms with Gasteiger partial charge >= 0.3 is 0 Å². The molecule has 0 saturated heterocycles. The molecule has 0 amide bonds. The Labute approximate surface area is 113 Å². The van der Waals surface area contributed by atoms with Crippen molar-refractivity contribution in [1.82, 2.24) is 25.1 Å². The normalized spacial score (nSPS) is 18.3. The van der Waals surface area contributed by atoms with Crippen LogP contribution in [-0.4, -0.2) is 26.3 Å². The highest BCUT2D eigenvalue weighted by Crippen LogP contribution is 2.25. The van der Waals surface area contributed by atoms with Gasteiger partial charge in [0.15, 0.2) is 11.6 Å². The second-order valence-electron chi connectivity index (χ2n) is 4.99. The molecule has 2 aromatic rings. The zero-order valence-electron chi connectivity index (χ0n) is 11.4. The van der Waals surface area contributed by atoms with Crippen LogP contribution in [0.5, 0.6) is 0 Å². The minimum atomic E-state index is 0.324. The van der Waals surface area contributed by atoms with Crippen molar-refractivity contribution in [3.8, 4) is 11.5 Å². The predicted octanol–water partition coefficient (Wildman–Crippen LogP) is 2.09. The van der Waals surface area contributed by atoms with Gasteiger partial charge in [0, 0.05) is 18.8 Å². The Morgan fingerprint density at radius 2 is 2.26 bits per heavy atom. The van der Waals surface area contributed by atoms with Gasteiger partial charge in [-0.1, -0.05) is 19.4 Å². The number of nitrogens with zero attached hydrogens (tertiary/aromatic N) is 4. The van der Waals surface area contributed by atoms with Gasteiger partial charge in [0.1, 0.15) is 5.69 Å². The summed E-state index contributed by atoms with van der Waals surface area (Å²) in [5.41, 5.74) is 1.92. The molecule has 0 aromatic carbocycles. The zero-order chi connectivity index (χ0) is 13.2. The molecule has 0 aliphatic carbocycles. The molecule has 5 heteroatoms. The third kappa shape index (κ3) is 2.26. The van der Waals surface area contributed by atoms with E-state index < -0.39 is 0 Å². The Balaban J connectivity index is 2.01. The molecule has 1 N–H and O–H groups in total. The number of hydrogen-bond donors (Lipinski definition) is 1. The molecule has 0 spiro atoms. The molecule has 100 valence electrons. The van der Waals surface area contributed by atoms with Crippen molar-refractivity contribution in [2.45, 2.75) is 39.3 Å². The maximum atomic E-state index is 4.55. The van der Waals surface area contributed by atoms with E-state index in [-0.39, 0.29) is 0 Å². The van der Waals surface area contributed by atoms with Crippen LogP contribution in [0.2, 0.25) is 0 Å². The second-order valence-corrected chi connectivity index (χ2v) is 4.99. The smallest absolute Gasteiger partial charge is 0.182 e. The Bertz CT molecular complexity index is 575. The lowest BCUT2D eigenvalue weighted by molar-refractivity contribution is 0.394. The summed E-state index contributed by atoms with van der Waals surface area (Å²) in [5.74, 6) is 1.94. The van der Waals surface area contributed by atoms with E-state index in [1.165, 1.54) is 0 Å². The lowest BCUT2D eigenvalue weighted by Crippen LogP contribution is -2.33. The second kappa shape index (κ2) is 5.09. The molecule has 1 aliphatic heterocycles. The number of fused-ring (bicyclic) bond motifs is 1.